The minimum Gasteiger partial charge on any atom is -0.479 e. The Labute approximate surface area is 160 Å². The Morgan fingerprint density at radius 2 is 1.86 bits per heavy atom. The SMILES string of the molecule is CCOC(=O)[C@H](C)Oc1ccc2oc(=O)cc(-c3cc4ccccc4o3)c2c1. The number of para-hydroxylation sites is 1. The molecule has 0 aliphatic heterocycles. The second kappa shape index (κ2) is 7.23. The maximum atomic E-state index is 12.0. The topological polar surface area (TPSA) is 78.9 Å². The van der Waals surface area contributed by atoms with Gasteiger partial charge in [-0.05, 0) is 44.2 Å². The molecule has 0 spiro atoms. The Kier molecular flexibility index (Phi) is 4.61. The van der Waals surface area contributed by atoms with E-state index in [4.69, 9.17) is 18.3 Å². The van der Waals surface area contributed by atoms with Crippen molar-refractivity contribution in [3.8, 4) is 17.1 Å². The first-order valence-electron chi connectivity index (χ1n) is 8.95. The van der Waals surface area contributed by atoms with Crippen LogP contribution in [0.1, 0.15) is 13.8 Å². The number of hydrogen-bond donors (Lipinski definition) is 0. The van der Waals surface area contributed by atoms with Crippen LogP contribution in [0.4, 0.5) is 0 Å². The summed E-state index contributed by atoms with van der Waals surface area (Å²) in [7, 11) is 0. The highest BCUT2D eigenvalue weighted by Crippen LogP contribution is 2.33. The molecule has 142 valence electrons. The van der Waals surface area contributed by atoms with Crippen molar-refractivity contribution >= 4 is 27.9 Å². The summed E-state index contributed by atoms with van der Waals surface area (Å²) in [6.45, 7) is 3.64. The Balaban J connectivity index is 1.79. The number of esters is 1. The molecule has 4 rings (SSSR count). The zero-order chi connectivity index (χ0) is 19.7. The summed E-state index contributed by atoms with van der Waals surface area (Å²) in [6, 6.07) is 15.9. The number of ether oxygens (including phenoxy) is 2. The normalized spacial score (nSPS) is 12.2. The molecule has 0 aliphatic carbocycles. The fourth-order valence-corrected chi connectivity index (χ4v) is 3.05. The largest absolute Gasteiger partial charge is 0.479 e. The van der Waals surface area contributed by atoms with Gasteiger partial charge in [0.15, 0.2) is 6.10 Å². The molecule has 0 saturated carbocycles. The average Bonchev–Trinajstić information content (AvgIpc) is 3.11. The van der Waals surface area contributed by atoms with Gasteiger partial charge in [0.1, 0.15) is 22.7 Å². The molecule has 6 heteroatoms. The Bertz CT molecular complexity index is 1180. The van der Waals surface area contributed by atoms with Crippen molar-refractivity contribution in [3.63, 3.8) is 0 Å². The second-order valence-corrected chi connectivity index (χ2v) is 6.30. The zero-order valence-electron chi connectivity index (χ0n) is 15.4. The smallest absolute Gasteiger partial charge is 0.347 e. The third kappa shape index (κ3) is 3.36. The molecule has 0 saturated heterocycles. The van der Waals surface area contributed by atoms with Crippen molar-refractivity contribution in [1.29, 1.82) is 0 Å². The molecule has 0 unspecified atom stereocenters. The van der Waals surface area contributed by atoms with E-state index in [9.17, 15) is 9.59 Å². The van der Waals surface area contributed by atoms with Crippen molar-refractivity contribution in [1.82, 2.24) is 0 Å². The first kappa shape index (κ1) is 17.9. The van der Waals surface area contributed by atoms with Crippen LogP contribution in [0.2, 0.25) is 0 Å². The molecule has 0 fully saturated rings. The quantitative estimate of drug-likeness (QED) is 0.375. The average molecular weight is 378 g/mol. The predicted octanol–water partition coefficient (Wildman–Crippen LogP) is 4.54. The fraction of sp³-hybridized carbons (Fsp3) is 0.182. The van der Waals surface area contributed by atoms with Crippen molar-refractivity contribution in [2.45, 2.75) is 20.0 Å². The summed E-state index contributed by atoms with van der Waals surface area (Å²) in [5.41, 5.74) is 1.24. The lowest BCUT2D eigenvalue weighted by Crippen LogP contribution is -2.26. The van der Waals surface area contributed by atoms with Gasteiger partial charge in [-0.25, -0.2) is 9.59 Å². The number of rotatable bonds is 5. The predicted molar refractivity (Wildman–Crippen MR) is 104 cm³/mol. The molecule has 1 atom stereocenters. The van der Waals surface area contributed by atoms with Crippen LogP contribution >= 0.6 is 0 Å². The van der Waals surface area contributed by atoms with E-state index in [1.165, 1.54) is 6.07 Å². The number of fused-ring (bicyclic) bond motifs is 2. The van der Waals surface area contributed by atoms with Gasteiger partial charge in [0.2, 0.25) is 0 Å². The van der Waals surface area contributed by atoms with Crippen LogP contribution in [0.5, 0.6) is 5.75 Å². The summed E-state index contributed by atoms with van der Waals surface area (Å²) in [4.78, 5) is 23.8. The van der Waals surface area contributed by atoms with E-state index in [2.05, 4.69) is 0 Å². The van der Waals surface area contributed by atoms with E-state index < -0.39 is 17.7 Å². The Morgan fingerprint density at radius 3 is 2.64 bits per heavy atom. The molecule has 0 bridgehead atoms. The van der Waals surface area contributed by atoms with Crippen molar-refractivity contribution in [3.05, 3.63) is 65.0 Å². The molecule has 4 aromatic rings. The van der Waals surface area contributed by atoms with Gasteiger partial charge in [-0.3, -0.25) is 0 Å². The highest BCUT2D eigenvalue weighted by molar-refractivity contribution is 5.95. The minimum atomic E-state index is -0.761. The van der Waals surface area contributed by atoms with E-state index in [1.54, 1.807) is 32.0 Å². The van der Waals surface area contributed by atoms with Crippen LogP contribution in [0.25, 0.3) is 33.3 Å². The molecular weight excluding hydrogens is 360 g/mol. The molecule has 0 aliphatic rings. The maximum Gasteiger partial charge on any atom is 0.347 e. The van der Waals surface area contributed by atoms with Gasteiger partial charge in [0.25, 0.3) is 0 Å². The molecule has 0 amide bonds. The van der Waals surface area contributed by atoms with Crippen LogP contribution in [0.15, 0.2) is 68.2 Å². The van der Waals surface area contributed by atoms with Gasteiger partial charge in [-0.15, -0.1) is 0 Å². The first-order chi connectivity index (χ1) is 13.5. The molecule has 28 heavy (non-hydrogen) atoms. The third-order valence-electron chi connectivity index (χ3n) is 4.34. The molecule has 0 radical (unpaired) electrons. The zero-order valence-corrected chi connectivity index (χ0v) is 15.4. The molecule has 6 nitrogen and oxygen atoms in total. The van der Waals surface area contributed by atoms with Gasteiger partial charge >= 0.3 is 11.6 Å². The number of furan rings is 1. The standard InChI is InChI=1S/C22H18O6/c1-3-25-22(24)13(2)26-15-8-9-19-16(11-15)17(12-21(23)28-19)20-10-14-6-4-5-7-18(14)27-20/h4-13H,3H2,1-2H3/t13-/m0/s1. The number of carbonyl (C=O) groups excluding carboxylic acids is 1. The fourth-order valence-electron chi connectivity index (χ4n) is 3.05. The van der Waals surface area contributed by atoms with E-state index >= 15 is 0 Å². The lowest BCUT2D eigenvalue weighted by atomic mass is 10.1. The highest BCUT2D eigenvalue weighted by Gasteiger charge is 2.18. The number of carbonyl (C=O) groups is 1. The molecular formula is C22H18O6. The molecule has 0 N–H and O–H groups in total. The van der Waals surface area contributed by atoms with Gasteiger partial charge in [0, 0.05) is 22.4 Å². The maximum absolute atomic E-state index is 12.0. The van der Waals surface area contributed by atoms with Gasteiger partial charge in [0.05, 0.1) is 6.61 Å². The first-order valence-corrected chi connectivity index (χ1v) is 8.95. The molecule has 2 heterocycles. The summed E-state index contributed by atoms with van der Waals surface area (Å²) < 4.78 is 21.9. The van der Waals surface area contributed by atoms with E-state index in [0.29, 0.717) is 28.0 Å². The van der Waals surface area contributed by atoms with Crippen molar-refractivity contribution in [2.75, 3.05) is 6.61 Å². The van der Waals surface area contributed by atoms with Crippen molar-refractivity contribution in [2.24, 2.45) is 0 Å². The van der Waals surface area contributed by atoms with Crippen LogP contribution < -0.4 is 10.4 Å². The van der Waals surface area contributed by atoms with E-state index in [0.717, 1.165) is 11.0 Å². The Morgan fingerprint density at radius 1 is 1.04 bits per heavy atom. The lowest BCUT2D eigenvalue weighted by molar-refractivity contribution is -0.150. The third-order valence-corrected chi connectivity index (χ3v) is 4.34. The van der Waals surface area contributed by atoms with Gasteiger partial charge in [-0.2, -0.15) is 0 Å². The van der Waals surface area contributed by atoms with Crippen LogP contribution in [-0.4, -0.2) is 18.7 Å². The van der Waals surface area contributed by atoms with Crippen LogP contribution in [0, 0.1) is 0 Å². The number of benzene rings is 2. The van der Waals surface area contributed by atoms with E-state index in [-0.39, 0.29) is 6.61 Å². The van der Waals surface area contributed by atoms with Crippen LogP contribution in [0.3, 0.4) is 0 Å². The summed E-state index contributed by atoms with van der Waals surface area (Å²) in [5.74, 6) is 0.564. The van der Waals surface area contributed by atoms with Crippen molar-refractivity contribution < 1.29 is 23.1 Å². The monoisotopic (exact) mass is 378 g/mol. The lowest BCUT2D eigenvalue weighted by Gasteiger charge is -2.14. The minimum absolute atomic E-state index is 0.283. The number of hydrogen-bond acceptors (Lipinski definition) is 6. The summed E-state index contributed by atoms with van der Waals surface area (Å²) in [6.07, 6.45) is -0.761. The Hall–Kier alpha value is -3.54. The van der Waals surface area contributed by atoms with Crippen LogP contribution in [-0.2, 0) is 9.53 Å². The molecule has 2 aromatic carbocycles. The van der Waals surface area contributed by atoms with Gasteiger partial charge in [-0.1, -0.05) is 18.2 Å². The highest BCUT2D eigenvalue weighted by atomic mass is 16.6. The van der Waals surface area contributed by atoms with Gasteiger partial charge < -0.3 is 18.3 Å². The molecule has 2 aromatic heterocycles. The van der Waals surface area contributed by atoms with E-state index in [1.807, 2.05) is 30.3 Å². The second-order valence-electron chi connectivity index (χ2n) is 6.30. The summed E-state index contributed by atoms with van der Waals surface area (Å²) >= 11 is 0. The summed E-state index contributed by atoms with van der Waals surface area (Å²) in [5, 5.41) is 1.58.